The van der Waals surface area contributed by atoms with Crippen LogP contribution in [0.1, 0.15) is 26.3 Å². The van der Waals surface area contributed by atoms with Crippen LogP contribution in [0, 0.1) is 5.41 Å². The third-order valence-electron chi connectivity index (χ3n) is 4.30. The fourth-order valence-corrected chi connectivity index (χ4v) is 3.15. The van der Waals surface area contributed by atoms with Gasteiger partial charge in [-0.2, -0.15) is 0 Å². The number of halogens is 1. The molecule has 1 aromatic heterocycles. The number of nitrogens with one attached hydrogen (secondary N) is 3. The standard InChI is InChI=1S/C22H19ClN4O3S/c1-30-16-8-9-18(17(11-16)22(29)27-19-10-7-15(23)12-25-19)26-21(28)14-5-3-13(4-6-14)20(24)31-2/h3-12,24H,1-2H3,(H,26,28)(H,25,27,29). The van der Waals surface area contributed by atoms with Crippen molar-refractivity contribution in [1.82, 2.24) is 4.98 Å². The first-order valence-electron chi connectivity index (χ1n) is 9.06. The highest BCUT2D eigenvalue weighted by molar-refractivity contribution is 8.13. The number of methoxy groups -OCH3 is 1. The maximum absolute atomic E-state index is 12.8. The summed E-state index contributed by atoms with van der Waals surface area (Å²) in [5.41, 5.74) is 1.66. The molecular formula is C22H19ClN4O3S. The minimum Gasteiger partial charge on any atom is -0.497 e. The van der Waals surface area contributed by atoms with Crippen LogP contribution in [0.3, 0.4) is 0 Å². The number of ether oxygens (including phenoxy) is 1. The third-order valence-corrected chi connectivity index (χ3v) is 5.17. The smallest absolute Gasteiger partial charge is 0.259 e. The first kappa shape index (κ1) is 22.3. The van der Waals surface area contributed by atoms with Crippen molar-refractivity contribution in [2.75, 3.05) is 24.0 Å². The largest absolute Gasteiger partial charge is 0.497 e. The molecule has 3 rings (SSSR count). The number of nitrogens with zero attached hydrogens (tertiary/aromatic N) is 1. The number of thioether (sulfide) groups is 1. The molecule has 1 heterocycles. The van der Waals surface area contributed by atoms with Gasteiger partial charge < -0.3 is 15.4 Å². The molecule has 7 nitrogen and oxygen atoms in total. The average molecular weight is 455 g/mol. The molecular weight excluding hydrogens is 436 g/mol. The normalized spacial score (nSPS) is 10.3. The number of hydrogen-bond acceptors (Lipinski definition) is 6. The van der Waals surface area contributed by atoms with Crippen molar-refractivity contribution >= 4 is 51.7 Å². The fourth-order valence-electron chi connectivity index (χ4n) is 2.67. The van der Waals surface area contributed by atoms with Crippen molar-refractivity contribution in [1.29, 1.82) is 5.41 Å². The summed E-state index contributed by atoms with van der Waals surface area (Å²) in [7, 11) is 1.49. The predicted octanol–water partition coefficient (Wildman–Crippen LogP) is 4.94. The Morgan fingerprint density at radius 2 is 1.71 bits per heavy atom. The molecule has 0 aliphatic heterocycles. The van der Waals surface area contributed by atoms with Crippen molar-refractivity contribution in [2.24, 2.45) is 0 Å². The molecule has 0 fully saturated rings. The van der Waals surface area contributed by atoms with E-state index in [1.807, 2.05) is 6.26 Å². The SMILES string of the molecule is COc1ccc(NC(=O)c2ccc(C(=N)SC)cc2)c(C(=O)Nc2ccc(Cl)cn2)c1. The van der Waals surface area contributed by atoms with Crippen LogP contribution in [0.2, 0.25) is 5.02 Å². The molecule has 2 aromatic carbocycles. The second kappa shape index (κ2) is 10.1. The Kier molecular flexibility index (Phi) is 7.28. The molecule has 0 saturated heterocycles. The van der Waals surface area contributed by atoms with E-state index < -0.39 is 5.91 Å². The molecule has 0 aliphatic carbocycles. The monoisotopic (exact) mass is 454 g/mol. The Labute approximate surface area is 188 Å². The van der Waals surface area contributed by atoms with Gasteiger partial charge in [-0.15, -0.1) is 11.8 Å². The quantitative estimate of drug-likeness (QED) is 0.361. The van der Waals surface area contributed by atoms with E-state index in [9.17, 15) is 9.59 Å². The zero-order valence-corrected chi connectivity index (χ0v) is 18.3. The van der Waals surface area contributed by atoms with Crippen molar-refractivity contribution in [3.05, 3.63) is 82.5 Å². The Balaban J connectivity index is 1.83. The number of hydrogen-bond donors (Lipinski definition) is 3. The van der Waals surface area contributed by atoms with Gasteiger partial charge in [-0.05, 0) is 48.7 Å². The number of pyridine rings is 1. The minimum absolute atomic E-state index is 0.213. The number of benzene rings is 2. The molecule has 3 aromatic rings. The number of carbonyl (C=O) groups is 2. The van der Waals surface area contributed by atoms with Crippen molar-refractivity contribution in [3.63, 3.8) is 0 Å². The van der Waals surface area contributed by atoms with Gasteiger partial charge in [-0.3, -0.25) is 15.0 Å². The molecule has 0 aliphatic rings. The zero-order chi connectivity index (χ0) is 22.4. The van der Waals surface area contributed by atoms with E-state index in [0.29, 0.717) is 32.9 Å². The fraction of sp³-hybridized carbons (Fsp3) is 0.0909. The first-order chi connectivity index (χ1) is 14.9. The molecule has 0 spiro atoms. The van der Waals surface area contributed by atoms with Gasteiger partial charge in [0.2, 0.25) is 0 Å². The summed E-state index contributed by atoms with van der Waals surface area (Å²) in [5.74, 6) is -0.0627. The van der Waals surface area contributed by atoms with Gasteiger partial charge in [0.05, 0.1) is 28.4 Å². The molecule has 0 unspecified atom stereocenters. The lowest BCUT2D eigenvalue weighted by Crippen LogP contribution is -2.19. The lowest BCUT2D eigenvalue weighted by Gasteiger charge is -2.13. The highest BCUT2D eigenvalue weighted by atomic mass is 35.5. The molecule has 2 amide bonds. The van der Waals surface area contributed by atoms with Crippen molar-refractivity contribution in [3.8, 4) is 5.75 Å². The second-order valence-electron chi connectivity index (χ2n) is 6.29. The van der Waals surface area contributed by atoms with Crippen LogP contribution in [0.4, 0.5) is 11.5 Å². The summed E-state index contributed by atoms with van der Waals surface area (Å²) < 4.78 is 5.21. The van der Waals surface area contributed by atoms with Gasteiger partial charge >= 0.3 is 0 Å². The van der Waals surface area contributed by atoms with Gasteiger partial charge in [0.25, 0.3) is 11.8 Å². The third kappa shape index (κ3) is 5.62. The van der Waals surface area contributed by atoms with E-state index in [1.165, 1.54) is 31.1 Å². The second-order valence-corrected chi connectivity index (χ2v) is 7.54. The number of rotatable bonds is 6. The Morgan fingerprint density at radius 1 is 1.00 bits per heavy atom. The van der Waals surface area contributed by atoms with Gasteiger partial charge in [0.1, 0.15) is 11.6 Å². The van der Waals surface area contributed by atoms with Crippen molar-refractivity contribution < 1.29 is 14.3 Å². The van der Waals surface area contributed by atoms with E-state index in [1.54, 1.807) is 48.5 Å². The van der Waals surface area contributed by atoms with E-state index in [-0.39, 0.29) is 11.5 Å². The van der Waals surface area contributed by atoms with Gasteiger partial charge in [0, 0.05) is 17.3 Å². The van der Waals surface area contributed by atoms with E-state index in [2.05, 4.69) is 15.6 Å². The molecule has 0 saturated carbocycles. The van der Waals surface area contributed by atoms with Crippen LogP contribution in [0.25, 0.3) is 0 Å². The van der Waals surface area contributed by atoms with E-state index in [4.69, 9.17) is 21.7 Å². The molecule has 0 atom stereocenters. The van der Waals surface area contributed by atoms with Crippen LogP contribution in [-0.4, -0.2) is 35.2 Å². The lowest BCUT2D eigenvalue weighted by molar-refractivity contribution is 0.102. The number of aromatic nitrogens is 1. The molecule has 158 valence electrons. The van der Waals surface area contributed by atoms with Crippen LogP contribution in [-0.2, 0) is 0 Å². The highest BCUT2D eigenvalue weighted by Crippen LogP contribution is 2.24. The molecule has 0 radical (unpaired) electrons. The molecule has 0 bridgehead atoms. The predicted molar refractivity (Wildman–Crippen MR) is 125 cm³/mol. The van der Waals surface area contributed by atoms with Crippen LogP contribution in [0.5, 0.6) is 5.75 Å². The maximum Gasteiger partial charge on any atom is 0.259 e. The molecule has 9 heteroatoms. The number of carbonyl (C=O) groups excluding carboxylic acids is 2. The lowest BCUT2D eigenvalue weighted by atomic mass is 10.1. The first-order valence-corrected chi connectivity index (χ1v) is 10.7. The average Bonchev–Trinajstić information content (AvgIpc) is 2.80. The summed E-state index contributed by atoms with van der Waals surface area (Å²) in [4.78, 5) is 29.6. The molecule has 3 N–H and O–H groups in total. The summed E-state index contributed by atoms with van der Waals surface area (Å²) in [6.07, 6.45) is 3.24. The number of amides is 2. The van der Waals surface area contributed by atoms with Crippen LogP contribution < -0.4 is 15.4 Å². The van der Waals surface area contributed by atoms with Gasteiger partial charge in [0.15, 0.2) is 0 Å². The topological polar surface area (TPSA) is 104 Å². The van der Waals surface area contributed by atoms with Crippen LogP contribution >= 0.6 is 23.4 Å². The maximum atomic E-state index is 12.8. The van der Waals surface area contributed by atoms with Crippen molar-refractivity contribution in [2.45, 2.75) is 0 Å². The summed E-state index contributed by atoms with van der Waals surface area (Å²) in [6.45, 7) is 0. The highest BCUT2D eigenvalue weighted by Gasteiger charge is 2.17. The summed E-state index contributed by atoms with van der Waals surface area (Å²) in [5, 5.41) is 14.1. The van der Waals surface area contributed by atoms with E-state index >= 15 is 0 Å². The summed E-state index contributed by atoms with van der Waals surface area (Å²) >= 11 is 7.15. The zero-order valence-electron chi connectivity index (χ0n) is 16.7. The van der Waals surface area contributed by atoms with Gasteiger partial charge in [-0.1, -0.05) is 23.7 Å². The van der Waals surface area contributed by atoms with E-state index in [0.717, 1.165) is 5.56 Å². The minimum atomic E-state index is -0.465. The molecule has 31 heavy (non-hydrogen) atoms. The summed E-state index contributed by atoms with van der Waals surface area (Å²) in [6, 6.07) is 14.7. The number of anilines is 2. The Bertz CT molecular complexity index is 1120. The Hall–Kier alpha value is -3.36. The van der Waals surface area contributed by atoms with Crippen LogP contribution in [0.15, 0.2) is 60.8 Å². The van der Waals surface area contributed by atoms with Gasteiger partial charge in [-0.25, -0.2) is 4.98 Å². The Morgan fingerprint density at radius 3 is 2.32 bits per heavy atom.